The summed E-state index contributed by atoms with van der Waals surface area (Å²) < 4.78 is 0. The van der Waals surface area contributed by atoms with Gasteiger partial charge in [0.25, 0.3) is 5.69 Å². The number of amides is 2. The number of carbonyl (C=O) groups excluding carboxylic acids is 2. The summed E-state index contributed by atoms with van der Waals surface area (Å²) in [5.41, 5.74) is 4.22. The van der Waals surface area contributed by atoms with Crippen molar-refractivity contribution in [3.05, 3.63) is 64.2 Å². The van der Waals surface area contributed by atoms with Gasteiger partial charge in [-0.2, -0.15) is 5.10 Å². The van der Waals surface area contributed by atoms with Crippen molar-refractivity contribution in [1.82, 2.24) is 5.43 Å². The Kier molecular flexibility index (Phi) is 7.99. The maximum atomic E-state index is 11.9. The highest BCUT2D eigenvalue weighted by Gasteiger charge is 2.22. The molecule has 0 saturated carbocycles. The summed E-state index contributed by atoms with van der Waals surface area (Å²) in [5, 5.41) is 18.0. The summed E-state index contributed by atoms with van der Waals surface area (Å²) in [5.74, 6) is -0.362. The predicted molar refractivity (Wildman–Crippen MR) is 123 cm³/mol. The Hall–Kier alpha value is -3.40. The van der Waals surface area contributed by atoms with Crippen LogP contribution in [-0.4, -0.2) is 47.5 Å². The molecule has 1 fully saturated rings. The van der Waals surface area contributed by atoms with Gasteiger partial charge in [-0.05, 0) is 31.0 Å². The lowest BCUT2D eigenvalue weighted by Crippen LogP contribution is -2.22. The summed E-state index contributed by atoms with van der Waals surface area (Å²) in [6, 6.07) is 14.0. The van der Waals surface area contributed by atoms with Crippen LogP contribution in [0, 0.1) is 10.1 Å². The minimum Gasteiger partial charge on any atom is -0.366 e. The second-order valence-corrected chi connectivity index (χ2v) is 7.89. The molecule has 0 bridgehead atoms. The normalized spacial score (nSPS) is 13.4. The van der Waals surface area contributed by atoms with Gasteiger partial charge in [0.05, 0.1) is 22.6 Å². The summed E-state index contributed by atoms with van der Waals surface area (Å²) in [6.07, 6.45) is 3.42. The van der Waals surface area contributed by atoms with Crippen molar-refractivity contribution in [3.8, 4) is 0 Å². The molecule has 162 valence electrons. The van der Waals surface area contributed by atoms with Gasteiger partial charge in [0.1, 0.15) is 5.69 Å². The van der Waals surface area contributed by atoms with E-state index in [1.807, 2.05) is 23.1 Å². The summed E-state index contributed by atoms with van der Waals surface area (Å²) in [7, 11) is 0. The number of nitro groups is 1. The molecule has 3 rings (SSSR count). The Labute approximate surface area is 184 Å². The third-order valence-corrected chi connectivity index (χ3v) is 5.50. The first-order valence-corrected chi connectivity index (χ1v) is 11.0. The molecule has 0 unspecified atom stereocenters. The Morgan fingerprint density at radius 2 is 1.81 bits per heavy atom. The molecule has 2 aromatic rings. The van der Waals surface area contributed by atoms with Gasteiger partial charge in [0.15, 0.2) is 0 Å². The number of nitrogens with zero attached hydrogens (tertiary/aromatic N) is 3. The molecule has 1 aliphatic rings. The van der Waals surface area contributed by atoms with Gasteiger partial charge in [0, 0.05) is 30.4 Å². The van der Waals surface area contributed by atoms with Crippen molar-refractivity contribution in [2.45, 2.75) is 12.8 Å². The fourth-order valence-corrected chi connectivity index (χ4v) is 3.77. The first-order chi connectivity index (χ1) is 15.0. The van der Waals surface area contributed by atoms with Crippen LogP contribution in [0.1, 0.15) is 18.4 Å². The molecular weight excluding hydrogens is 418 g/mol. The van der Waals surface area contributed by atoms with Gasteiger partial charge in [-0.3, -0.25) is 19.7 Å². The molecule has 1 heterocycles. The van der Waals surface area contributed by atoms with Crippen LogP contribution in [0.15, 0.2) is 53.6 Å². The standard InChI is InChI=1S/C21H23N5O4S/c27-20(23-17-6-2-1-3-7-17)14-31-15-21(28)24-22-13-16-8-9-18(19(12-16)26(29)30)25-10-4-5-11-25/h1-3,6-9,12-13H,4-5,10-11,14-15H2,(H,23,27)(H,24,28)/b22-13-. The van der Waals surface area contributed by atoms with Crippen molar-refractivity contribution in [3.63, 3.8) is 0 Å². The molecule has 0 aromatic heterocycles. The smallest absolute Gasteiger partial charge is 0.293 e. The lowest BCUT2D eigenvalue weighted by molar-refractivity contribution is -0.384. The Morgan fingerprint density at radius 3 is 2.52 bits per heavy atom. The molecule has 0 atom stereocenters. The molecule has 0 aliphatic carbocycles. The number of benzene rings is 2. The Balaban J connectivity index is 1.45. The molecule has 0 spiro atoms. The molecule has 9 nitrogen and oxygen atoms in total. The lowest BCUT2D eigenvalue weighted by Gasteiger charge is -2.17. The van der Waals surface area contributed by atoms with E-state index in [9.17, 15) is 19.7 Å². The molecule has 0 radical (unpaired) electrons. The molecule has 2 aromatic carbocycles. The first-order valence-electron chi connectivity index (χ1n) is 9.81. The van der Waals surface area contributed by atoms with Gasteiger partial charge >= 0.3 is 0 Å². The van der Waals surface area contributed by atoms with E-state index in [1.54, 1.807) is 24.3 Å². The van der Waals surface area contributed by atoms with E-state index in [-0.39, 0.29) is 29.0 Å². The van der Waals surface area contributed by atoms with E-state index in [0.717, 1.165) is 37.7 Å². The minimum atomic E-state index is -0.402. The van der Waals surface area contributed by atoms with E-state index in [1.165, 1.54) is 12.3 Å². The quantitative estimate of drug-likeness (QED) is 0.351. The number of rotatable bonds is 9. The minimum absolute atomic E-state index is 0.0251. The van der Waals surface area contributed by atoms with Gasteiger partial charge in [-0.1, -0.05) is 24.3 Å². The van der Waals surface area contributed by atoms with Crippen LogP contribution in [0.25, 0.3) is 0 Å². The van der Waals surface area contributed by atoms with Crippen LogP contribution >= 0.6 is 11.8 Å². The van der Waals surface area contributed by atoms with Crippen LogP contribution in [0.4, 0.5) is 17.1 Å². The average Bonchev–Trinajstić information content (AvgIpc) is 3.29. The van der Waals surface area contributed by atoms with Crippen LogP contribution in [0.5, 0.6) is 0 Å². The molecule has 2 N–H and O–H groups in total. The van der Waals surface area contributed by atoms with Crippen LogP contribution in [0.2, 0.25) is 0 Å². The molecular formula is C21H23N5O4S. The Bertz CT molecular complexity index is 961. The monoisotopic (exact) mass is 441 g/mol. The van der Waals surface area contributed by atoms with Crippen molar-refractivity contribution in [2.75, 3.05) is 34.8 Å². The van der Waals surface area contributed by atoms with Crippen molar-refractivity contribution in [2.24, 2.45) is 5.10 Å². The number of hydrazone groups is 1. The maximum absolute atomic E-state index is 11.9. The number of hydrogen-bond acceptors (Lipinski definition) is 7. The fourth-order valence-electron chi connectivity index (χ4n) is 3.16. The van der Waals surface area contributed by atoms with Crippen molar-refractivity contribution >= 4 is 46.9 Å². The fraction of sp³-hybridized carbons (Fsp3) is 0.286. The summed E-state index contributed by atoms with van der Waals surface area (Å²) >= 11 is 1.16. The van der Waals surface area contributed by atoms with Crippen molar-refractivity contribution < 1.29 is 14.5 Å². The van der Waals surface area contributed by atoms with Gasteiger partial charge in [-0.25, -0.2) is 5.43 Å². The Morgan fingerprint density at radius 1 is 1.10 bits per heavy atom. The highest BCUT2D eigenvalue weighted by molar-refractivity contribution is 8.00. The number of hydrogen-bond donors (Lipinski definition) is 2. The van der Waals surface area contributed by atoms with Gasteiger partial charge < -0.3 is 10.2 Å². The number of carbonyl (C=O) groups is 2. The molecule has 31 heavy (non-hydrogen) atoms. The van der Waals surface area contributed by atoms with E-state index < -0.39 is 4.92 Å². The van der Waals surface area contributed by atoms with Crippen molar-refractivity contribution in [1.29, 1.82) is 0 Å². The third kappa shape index (κ3) is 6.82. The summed E-state index contributed by atoms with van der Waals surface area (Å²) in [6.45, 7) is 1.62. The third-order valence-electron chi connectivity index (χ3n) is 4.57. The first kappa shape index (κ1) is 22.3. The number of para-hydroxylation sites is 1. The summed E-state index contributed by atoms with van der Waals surface area (Å²) in [4.78, 5) is 36.8. The second kappa shape index (κ2) is 11.1. The average molecular weight is 442 g/mol. The van der Waals surface area contributed by atoms with E-state index >= 15 is 0 Å². The highest BCUT2D eigenvalue weighted by atomic mass is 32.2. The number of nitro benzene ring substituents is 1. The van der Waals surface area contributed by atoms with Gasteiger partial charge in [-0.15, -0.1) is 11.8 Å². The highest BCUT2D eigenvalue weighted by Crippen LogP contribution is 2.31. The van der Waals surface area contributed by atoms with E-state index in [0.29, 0.717) is 16.9 Å². The van der Waals surface area contributed by atoms with E-state index in [2.05, 4.69) is 15.8 Å². The zero-order valence-corrected chi connectivity index (χ0v) is 17.6. The SMILES string of the molecule is O=C(CSCC(=O)Nc1ccccc1)N/N=C\c1ccc(N2CCCC2)c([N+](=O)[O-])c1. The largest absolute Gasteiger partial charge is 0.366 e. The van der Waals surface area contributed by atoms with Crippen LogP contribution in [0.3, 0.4) is 0 Å². The lowest BCUT2D eigenvalue weighted by atomic mass is 10.1. The number of anilines is 2. The molecule has 2 amide bonds. The van der Waals surface area contributed by atoms with Crippen LogP contribution in [-0.2, 0) is 9.59 Å². The zero-order chi connectivity index (χ0) is 22.1. The maximum Gasteiger partial charge on any atom is 0.293 e. The number of thioether (sulfide) groups is 1. The van der Waals surface area contributed by atoms with Gasteiger partial charge in [0.2, 0.25) is 11.8 Å². The molecule has 10 heteroatoms. The predicted octanol–water partition coefficient (Wildman–Crippen LogP) is 3.02. The molecule has 1 aliphatic heterocycles. The molecule has 1 saturated heterocycles. The second-order valence-electron chi connectivity index (χ2n) is 6.90. The topological polar surface area (TPSA) is 117 Å². The van der Waals surface area contributed by atoms with E-state index in [4.69, 9.17) is 0 Å². The zero-order valence-electron chi connectivity index (χ0n) is 16.8. The number of nitrogens with one attached hydrogen (secondary N) is 2. The van der Waals surface area contributed by atoms with Crippen LogP contribution < -0.4 is 15.6 Å².